The molecule has 0 N–H and O–H groups in total. The highest BCUT2D eigenvalue weighted by atomic mass is 16.6. The fraction of sp³-hybridized carbons (Fsp3) is 0.158. The van der Waals surface area contributed by atoms with Crippen LogP contribution < -0.4 is 4.74 Å². The number of ether oxygens (including phenoxy) is 2. The van der Waals surface area contributed by atoms with Gasteiger partial charge in [0.25, 0.3) is 0 Å². The van der Waals surface area contributed by atoms with Gasteiger partial charge in [-0.25, -0.2) is 14.5 Å². The monoisotopic (exact) mass is 351 g/mol. The maximum Gasteiger partial charge on any atom is 0.339 e. The van der Waals surface area contributed by atoms with Crippen molar-refractivity contribution in [2.75, 3.05) is 13.2 Å². The van der Waals surface area contributed by atoms with Gasteiger partial charge in [-0.3, -0.25) is 4.79 Å². The molecule has 7 nitrogen and oxygen atoms in total. The van der Waals surface area contributed by atoms with E-state index in [0.717, 1.165) is 0 Å². The fourth-order valence-corrected chi connectivity index (χ4v) is 2.30. The molecule has 1 aromatic carbocycles. The number of Topliss-reactive ketones (excluding diaryl/α,β-unsaturated/α-hetero) is 1. The van der Waals surface area contributed by atoms with Gasteiger partial charge in [-0.1, -0.05) is 12.1 Å². The summed E-state index contributed by atoms with van der Waals surface area (Å²) in [6.07, 6.45) is 4.84. The van der Waals surface area contributed by atoms with Crippen LogP contribution in [-0.4, -0.2) is 39.7 Å². The third kappa shape index (κ3) is 4.13. The maximum atomic E-state index is 12.0. The van der Waals surface area contributed by atoms with Crippen molar-refractivity contribution in [2.45, 2.75) is 6.92 Å². The van der Waals surface area contributed by atoms with Gasteiger partial charge in [0.1, 0.15) is 19.0 Å². The van der Waals surface area contributed by atoms with E-state index in [1.807, 2.05) is 0 Å². The standard InChI is InChI=1S/C19H17N3O4/c1-14(23)16-5-2-3-6-17(16)25-11-12-26-19(24)15-7-8-18(20-13-15)22-10-4-9-21-22/h2-10,13H,11-12H2,1H3. The lowest BCUT2D eigenvalue weighted by molar-refractivity contribution is 0.0448. The molecule has 0 saturated heterocycles. The SMILES string of the molecule is CC(=O)c1ccccc1OCCOC(=O)c1ccc(-n2cccn2)nc1. The first kappa shape index (κ1) is 17.3. The number of hydrogen-bond donors (Lipinski definition) is 0. The Balaban J connectivity index is 1.51. The lowest BCUT2D eigenvalue weighted by Crippen LogP contribution is -2.13. The maximum absolute atomic E-state index is 12.0. The number of aromatic nitrogens is 3. The number of carbonyl (C=O) groups is 2. The summed E-state index contributed by atoms with van der Waals surface area (Å²) < 4.78 is 12.3. The number of para-hydroxylation sites is 1. The van der Waals surface area contributed by atoms with E-state index in [9.17, 15) is 9.59 Å². The van der Waals surface area contributed by atoms with Crippen molar-refractivity contribution >= 4 is 11.8 Å². The Bertz CT molecular complexity index is 889. The zero-order valence-electron chi connectivity index (χ0n) is 14.2. The van der Waals surface area contributed by atoms with Crippen LogP contribution in [0, 0.1) is 0 Å². The molecule has 0 spiro atoms. The van der Waals surface area contributed by atoms with Gasteiger partial charge in [0.2, 0.25) is 0 Å². The number of nitrogens with zero attached hydrogens (tertiary/aromatic N) is 3. The Kier molecular flexibility index (Phi) is 5.38. The molecule has 0 aliphatic rings. The number of carbonyl (C=O) groups excluding carboxylic acids is 2. The van der Waals surface area contributed by atoms with Gasteiger partial charge in [-0.2, -0.15) is 5.10 Å². The van der Waals surface area contributed by atoms with E-state index in [4.69, 9.17) is 9.47 Å². The molecule has 0 unspecified atom stereocenters. The van der Waals surface area contributed by atoms with Crippen LogP contribution in [0.1, 0.15) is 27.6 Å². The Morgan fingerprint density at radius 3 is 2.62 bits per heavy atom. The smallest absolute Gasteiger partial charge is 0.339 e. The third-order valence-electron chi connectivity index (χ3n) is 3.56. The largest absolute Gasteiger partial charge is 0.489 e. The minimum Gasteiger partial charge on any atom is -0.489 e. The highest BCUT2D eigenvalue weighted by Gasteiger charge is 2.10. The van der Waals surface area contributed by atoms with E-state index in [1.54, 1.807) is 59.5 Å². The molecule has 0 saturated carbocycles. The molecule has 3 aromatic rings. The summed E-state index contributed by atoms with van der Waals surface area (Å²) in [6, 6.07) is 12.0. The lowest BCUT2D eigenvalue weighted by atomic mass is 10.1. The zero-order chi connectivity index (χ0) is 18.4. The summed E-state index contributed by atoms with van der Waals surface area (Å²) >= 11 is 0. The van der Waals surface area contributed by atoms with Crippen molar-refractivity contribution in [2.24, 2.45) is 0 Å². The van der Waals surface area contributed by atoms with Crippen LogP contribution in [0.2, 0.25) is 0 Å². The highest BCUT2D eigenvalue weighted by Crippen LogP contribution is 2.18. The second-order valence-electron chi connectivity index (χ2n) is 5.39. The summed E-state index contributed by atoms with van der Waals surface area (Å²) in [5, 5.41) is 4.07. The molecule has 7 heteroatoms. The van der Waals surface area contributed by atoms with Crippen LogP contribution in [0.4, 0.5) is 0 Å². The van der Waals surface area contributed by atoms with Gasteiger partial charge < -0.3 is 9.47 Å². The molecule has 0 fully saturated rings. The summed E-state index contributed by atoms with van der Waals surface area (Å²) in [4.78, 5) is 27.7. The van der Waals surface area contributed by atoms with Gasteiger partial charge >= 0.3 is 5.97 Å². The Hall–Kier alpha value is -3.48. The van der Waals surface area contributed by atoms with Crippen LogP contribution >= 0.6 is 0 Å². The highest BCUT2D eigenvalue weighted by molar-refractivity contribution is 5.96. The third-order valence-corrected chi connectivity index (χ3v) is 3.56. The molecule has 0 bridgehead atoms. The van der Waals surface area contributed by atoms with Crippen molar-refractivity contribution in [3.63, 3.8) is 0 Å². The average molecular weight is 351 g/mol. The number of pyridine rings is 1. The molecule has 0 aliphatic heterocycles. The van der Waals surface area contributed by atoms with Crippen LogP contribution in [-0.2, 0) is 4.74 Å². The van der Waals surface area contributed by atoms with Crippen molar-refractivity contribution in [3.8, 4) is 11.6 Å². The second-order valence-corrected chi connectivity index (χ2v) is 5.39. The van der Waals surface area contributed by atoms with Gasteiger partial charge in [0.15, 0.2) is 11.6 Å². The first-order valence-electron chi connectivity index (χ1n) is 8.01. The van der Waals surface area contributed by atoms with Crippen molar-refractivity contribution in [1.29, 1.82) is 0 Å². The van der Waals surface area contributed by atoms with E-state index in [-0.39, 0.29) is 19.0 Å². The van der Waals surface area contributed by atoms with E-state index >= 15 is 0 Å². The van der Waals surface area contributed by atoms with E-state index in [2.05, 4.69) is 10.1 Å². The predicted molar refractivity (Wildman–Crippen MR) is 93.6 cm³/mol. The summed E-state index contributed by atoms with van der Waals surface area (Å²) in [7, 11) is 0. The molecule has 0 aliphatic carbocycles. The summed E-state index contributed by atoms with van der Waals surface area (Å²) in [6.45, 7) is 1.68. The topological polar surface area (TPSA) is 83.3 Å². The van der Waals surface area contributed by atoms with Crippen LogP contribution in [0.25, 0.3) is 5.82 Å². The molecule has 2 aromatic heterocycles. The molecule has 132 valence electrons. The van der Waals surface area contributed by atoms with E-state index < -0.39 is 5.97 Å². The number of ketones is 1. The number of hydrogen-bond acceptors (Lipinski definition) is 6. The number of rotatable bonds is 7. The second kappa shape index (κ2) is 8.06. The quantitative estimate of drug-likeness (QED) is 0.370. The van der Waals surface area contributed by atoms with Crippen molar-refractivity contribution in [1.82, 2.24) is 14.8 Å². The summed E-state index contributed by atoms with van der Waals surface area (Å²) in [5.74, 6) is 0.505. The Labute approximate surface area is 150 Å². The van der Waals surface area contributed by atoms with Crippen LogP contribution in [0.5, 0.6) is 5.75 Å². The van der Waals surface area contributed by atoms with Gasteiger partial charge in [-0.15, -0.1) is 0 Å². The molecule has 3 rings (SSSR count). The number of benzene rings is 1. The molecule has 0 atom stereocenters. The molecule has 0 amide bonds. The molecular formula is C19H17N3O4. The van der Waals surface area contributed by atoms with E-state index in [0.29, 0.717) is 22.7 Å². The average Bonchev–Trinajstić information content (AvgIpc) is 3.20. The van der Waals surface area contributed by atoms with Crippen molar-refractivity contribution in [3.05, 3.63) is 72.2 Å². The summed E-state index contributed by atoms with van der Waals surface area (Å²) in [5.41, 5.74) is 0.835. The minimum atomic E-state index is -0.493. The fourth-order valence-electron chi connectivity index (χ4n) is 2.30. The van der Waals surface area contributed by atoms with Crippen molar-refractivity contribution < 1.29 is 19.1 Å². The van der Waals surface area contributed by atoms with Gasteiger partial charge in [-0.05, 0) is 37.3 Å². The normalized spacial score (nSPS) is 10.3. The Morgan fingerprint density at radius 1 is 1.08 bits per heavy atom. The van der Waals surface area contributed by atoms with Gasteiger partial charge in [0.05, 0.1) is 11.1 Å². The number of esters is 1. The van der Waals surface area contributed by atoms with E-state index in [1.165, 1.54) is 13.1 Å². The molecule has 0 radical (unpaired) electrons. The predicted octanol–water partition coefficient (Wildman–Crippen LogP) is 2.71. The van der Waals surface area contributed by atoms with Crippen LogP contribution in [0.15, 0.2) is 61.1 Å². The molecule has 2 heterocycles. The zero-order valence-corrected chi connectivity index (χ0v) is 14.2. The minimum absolute atomic E-state index is 0.0615. The lowest BCUT2D eigenvalue weighted by Gasteiger charge is -2.10. The molecular weight excluding hydrogens is 334 g/mol. The first-order valence-corrected chi connectivity index (χ1v) is 8.01. The molecule has 26 heavy (non-hydrogen) atoms. The van der Waals surface area contributed by atoms with Crippen LogP contribution in [0.3, 0.4) is 0 Å². The van der Waals surface area contributed by atoms with Gasteiger partial charge in [0, 0.05) is 18.6 Å². The first-order chi connectivity index (χ1) is 12.6. The Morgan fingerprint density at radius 2 is 1.92 bits per heavy atom.